The van der Waals surface area contributed by atoms with Crippen LogP contribution >= 0.6 is 0 Å². The molecular formula is C21H29N3O2. The fraction of sp³-hybridized carbons (Fsp3) is 0.476. The van der Waals surface area contributed by atoms with Crippen molar-refractivity contribution in [2.45, 2.75) is 51.0 Å². The van der Waals surface area contributed by atoms with E-state index in [0.29, 0.717) is 11.7 Å². The topological polar surface area (TPSA) is 66.3 Å². The van der Waals surface area contributed by atoms with Gasteiger partial charge in [-0.2, -0.15) is 0 Å². The molecule has 3 rings (SSSR count). The fourth-order valence-electron chi connectivity index (χ4n) is 3.60. The van der Waals surface area contributed by atoms with Gasteiger partial charge in [-0.3, -0.25) is 4.79 Å². The predicted molar refractivity (Wildman–Crippen MR) is 103 cm³/mol. The van der Waals surface area contributed by atoms with Crippen LogP contribution in [0.25, 0.3) is 0 Å². The number of rotatable bonds is 5. The molecule has 0 saturated carbocycles. The van der Waals surface area contributed by atoms with Crippen LogP contribution in [0.3, 0.4) is 0 Å². The van der Waals surface area contributed by atoms with Crippen LogP contribution in [0.1, 0.15) is 61.1 Å². The molecule has 2 unspecified atom stereocenters. The van der Waals surface area contributed by atoms with Gasteiger partial charge in [0.25, 0.3) is 5.91 Å². The zero-order chi connectivity index (χ0) is 18.8. The number of carbonyl (C=O) groups excluding carboxylic acids is 1. The zero-order valence-corrected chi connectivity index (χ0v) is 15.7. The quantitative estimate of drug-likeness (QED) is 0.889. The molecule has 2 heterocycles. The van der Waals surface area contributed by atoms with Crippen molar-refractivity contribution in [3.05, 3.63) is 60.2 Å². The first-order valence-corrected chi connectivity index (χ1v) is 9.37. The number of carbonyl (C=O) groups is 1. The van der Waals surface area contributed by atoms with Gasteiger partial charge in [0.1, 0.15) is 0 Å². The molecule has 5 nitrogen and oxygen atoms in total. The SMILES string of the molecule is CCCCC1CC(c2ccccc2)CCN1C(=O)c1ncccn1.CO. The highest BCUT2D eigenvalue weighted by Gasteiger charge is 2.33. The number of amides is 1. The average molecular weight is 355 g/mol. The van der Waals surface area contributed by atoms with Crippen molar-refractivity contribution in [1.82, 2.24) is 14.9 Å². The molecule has 0 spiro atoms. The van der Waals surface area contributed by atoms with Gasteiger partial charge in [-0.1, -0.05) is 50.1 Å². The Kier molecular flexibility index (Phi) is 8.22. The van der Waals surface area contributed by atoms with Gasteiger partial charge in [0.15, 0.2) is 0 Å². The van der Waals surface area contributed by atoms with E-state index in [4.69, 9.17) is 5.11 Å². The van der Waals surface area contributed by atoms with Gasteiger partial charge in [0, 0.05) is 32.1 Å². The molecule has 1 amide bonds. The lowest BCUT2D eigenvalue weighted by Crippen LogP contribution is -2.46. The summed E-state index contributed by atoms with van der Waals surface area (Å²) in [6.45, 7) is 2.98. The molecule has 140 valence electrons. The van der Waals surface area contributed by atoms with E-state index in [-0.39, 0.29) is 11.9 Å². The number of nitrogens with zero attached hydrogens (tertiary/aromatic N) is 3. The number of aromatic nitrogens is 2. The number of likely N-dealkylation sites (tertiary alicyclic amines) is 1. The average Bonchev–Trinajstić information content (AvgIpc) is 2.74. The molecule has 26 heavy (non-hydrogen) atoms. The summed E-state index contributed by atoms with van der Waals surface area (Å²) in [6, 6.07) is 12.7. The number of piperidine rings is 1. The number of aliphatic hydroxyl groups excluding tert-OH is 1. The van der Waals surface area contributed by atoms with E-state index in [9.17, 15) is 4.79 Å². The van der Waals surface area contributed by atoms with Crippen molar-refractivity contribution in [3.63, 3.8) is 0 Å². The molecule has 1 fully saturated rings. The van der Waals surface area contributed by atoms with E-state index < -0.39 is 0 Å². The lowest BCUT2D eigenvalue weighted by molar-refractivity contribution is 0.0562. The molecule has 0 bridgehead atoms. The Balaban J connectivity index is 0.00000117. The molecule has 1 aliphatic heterocycles. The molecular weight excluding hydrogens is 326 g/mol. The maximum Gasteiger partial charge on any atom is 0.291 e. The van der Waals surface area contributed by atoms with Crippen LogP contribution < -0.4 is 0 Å². The van der Waals surface area contributed by atoms with E-state index in [2.05, 4.69) is 47.2 Å². The second-order valence-electron chi connectivity index (χ2n) is 6.50. The van der Waals surface area contributed by atoms with Crippen LogP contribution in [-0.2, 0) is 0 Å². The van der Waals surface area contributed by atoms with Crippen molar-refractivity contribution < 1.29 is 9.90 Å². The van der Waals surface area contributed by atoms with Crippen LogP contribution in [0.15, 0.2) is 48.8 Å². The standard InChI is InChI=1S/C20H25N3O.CH4O/c1-2-3-10-18-15-17(16-8-5-4-6-9-16)11-14-23(18)20(24)19-21-12-7-13-22-19;1-2/h4-9,12-13,17-18H,2-3,10-11,14-15H2,1H3;2H,1H3. The first kappa shape index (κ1) is 20.0. The summed E-state index contributed by atoms with van der Waals surface area (Å²) < 4.78 is 0. The van der Waals surface area contributed by atoms with E-state index in [1.807, 2.05) is 4.90 Å². The minimum atomic E-state index is -0.0248. The van der Waals surface area contributed by atoms with Crippen molar-refractivity contribution in [2.75, 3.05) is 13.7 Å². The molecule has 5 heteroatoms. The number of aliphatic hydroxyl groups is 1. The summed E-state index contributed by atoms with van der Waals surface area (Å²) in [5, 5.41) is 7.00. The summed E-state index contributed by atoms with van der Waals surface area (Å²) in [4.78, 5) is 23.1. The molecule has 2 atom stereocenters. The van der Waals surface area contributed by atoms with E-state index >= 15 is 0 Å². The summed E-state index contributed by atoms with van der Waals surface area (Å²) in [7, 11) is 1.00. The fourth-order valence-corrected chi connectivity index (χ4v) is 3.60. The second-order valence-corrected chi connectivity index (χ2v) is 6.50. The predicted octanol–water partition coefficient (Wildman–Crippen LogP) is 3.66. The van der Waals surface area contributed by atoms with Gasteiger partial charge in [0.05, 0.1) is 0 Å². The lowest BCUT2D eigenvalue weighted by atomic mass is 9.83. The van der Waals surface area contributed by atoms with Crippen LogP contribution in [0.5, 0.6) is 0 Å². The Morgan fingerprint density at radius 3 is 2.50 bits per heavy atom. The highest BCUT2D eigenvalue weighted by Crippen LogP contribution is 2.34. The summed E-state index contributed by atoms with van der Waals surface area (Å²) >= 11 is 0. The molecule has 0 aliphatic carbocycles. The van der Waals surface area contributed by atoms with Gasteiger partial charge in [-0.15, -0.1) is 0 Å². The Morgan fingerprint density at radius 1 is 1.15 bits per heavy atom. The Morgan fingerprint density at radius 2 is 1.85 bits per heavy atom. The highest BCUT2D eigenvalue weighted by atomic mass is 16.2. The maximum atomic E-state index is 12.8. The van der Waals surface area contributed by atoms with Crippen molar-refractivity contribution in [2.24, 2.45) is 0 Å². The first-order chi connectivity index (χ1) is 12.8. The molecule has 1 N–H and O–H groups in total. The Bertz CT molecular complexity index is 649. The van der Waals surface area contributed by atoms with Crippen molar-refractivity contribution in [1.29, 1.82) is 0 Å². The maximum absolute atomic E-state index is 12.8. The van der Waals surface area contributed by atoms with Crippen LogP contribution in [0.2, 0.25) is 0 Å². The zero-order valence-electron chi connectivity index (χ0n) is 15.7. The summed E-state index contributed by atoms with van der Waals surface area (Å²) in [6.07, 6.45) is 8.66. The third kappa shape index (κ3) is 5.11. The minimum absolute atomic E-state index is 0.0248. The number of hydrogen-bond acceptors (Lipinski definition) is 4. The second kappa shape index (κ2) is 10.7. The summed E-state index contributed by atoms with van der Waals surface area (Å²) in [5.41, 5.74) is 1.39. The van der Waals surface area contributed by atoms with Crippen LogP contribution in [0.4, 0.5) is 0 Å². The third-order valence-electron chi connectivity index (χ3n) is 4.90. The molecule has 1 aromatic heterocycles. The number of benzene rings is 1. The van der Waals surface area contributed by atoms with Gasteiger partial charge in [-0.25, -0.2) is 9.97 Å². The monoisotopic (exact) mass is 355 g/mol. The smallest absolute Gasteiger partial charge is 0.291 e. The first-order valence-electron chi connectivity index (χ1n) is 9.37. The van der Waals surface area contributed by atoms with Crippen LogP contribution in [-0.4, -0.2) is 45.6 Å². The van der Waals surface area contributed by atoms with E-state index in [1.165, 1.54) is 5.56 Å². The summed E-state index contributed by atoms with van der Waals surface area (Å²) in [5.74, 6) is 0.828. The van der Waals surface area contributed by atoms with Gasteiger partial charge in [0.2, 0.25) is 5.82 Å². The minimum Gasteiger partial charge on any atom is -0.400 e. The van der Waals surface area contributed by atoms with Crippen LogP contribution in [0, 0.1) is 0 Å². The Hall–Kier alpha value is -2.27. The van der Waals surface area contributed by atoms with Crippen molar-refractivity contribution >= 4 is 5.91 Å². The molecule has 2 aromatic rings. The lowest BCUT2D eigenvalue weighted by Gasteiger charge is -2.39. The van der Waals surface area contributed by atoms with E-state index in [1.54, 1.807) is 18.5 Å². The number of unbranched alkanes of at least 4 members (excludes halogenated alkanes) is 1. The van der Waals surface area contributed by atoms with E-state index in [0.717, 1.165) is 45.8 Å². The molecule has 1 saturated heterocycles. The van der Waals surface area contributed by atoms with Gasteiger partial charge < -0.3 is 10.0 Å². The largest absolute Gasteiger partial charge is 0.400 e. The Labute approximate surface area is 156 Å². The normalized spacial score (nSPS) is 19.4. The number of hydrogen-bond donors (Lipinski definition) is 1. The van der Waals surface area contributed by atoms with Gasteiger partial charge >= 0.3 is 0 Å². The van der Waals surface area contributed by atoms with Gasteiger partial charge in [-0.05, 0) is 36.8 Å². The molecule has 0 radical (unpaired) electrons. The molecule has 1 aliphatic rings. The third-order valence-corrected chi connectivity index (χ3v) is 4.90. The van der Waals surface area contributed by atoms with Crippen molar-refractivity contribution in [3.8, 4) is 0 Å². The highest BCUT2D eigenvalue weighted by molar-refractivity contribution is 5.90. The molecule has 1 aromatic carbocycles.